The molecule has 0 fully saturated rings. The van der Waals surface area contributed by atoms with Crippen LogP contribution < -0.4 is 5.32 Å². The first-order valence-electron chi connectivity index (χ1n) is 7.11. The highest BCUT2D eigenvalue weighted by Gasteiger charge is 2.33. The van der Waals surface area contributed by atoms with Crippen molar-refractivity contribution in [1.29, 1.82) is 0 Å². The first kappa shape index (κ1) is 18.4. The van der Waals surface area contributed by atoms with Crippen LogP contribution in [0.4, 0.5) is 0 Å². The minimum atomic E-state index is -0.684. The predicted molar refractivity (Wildman–Crippen MR) is 75.2 cm³/mol. The highest BCUT2D eigenvalue weighted by atomic mass is 16.5. The summed E-state index contributed by atoms with van der Waals surface area (Å²) in [7, 11) is 0. The Morgan fingerprint density at radius 3 is 2.47 bits per heavy atom. The van der Waals surface area contributed by atoms with E-state index < -0.39 is 5.54 Å². The molecule has 0 amide bonds. The van der Waals surface area contributed by atoms with Crippen LogP contribution in [0.5, 0.6) is 0 Å². The van der Waals surface area contributed by atoms with Crippen molar-refractivity contribution in [2.24, 2.45) is 0 Å². The highest BCUT2D eigenvalue weighted by molar-refractivity contribution is 5.80. The van der Waals surface area contributed by atoms with Crippen LogP contribution in [0.25, 0.3) is 0 Å². The van der Waals surface area contributed by atoms with Crippen molar-refractivity contribution in [3.8, 4) is 0 Å². The van der Waals surface area contributed by atoms with Crippen molar-refractivity contribution in [2.75, 3.05) is 33.0 Å². The molecule has 114 valence electrons. The summed E-state index contributed by atoms with van der Waals surface area (Å²) >= 11 is 0. The van der Waals surface area contributed by atoms with Crippen LogP contribution in [0.2, 0.25) is 0 Å². The van der Waals surface area contributed by atoms with E-state index in [1.165, 1.54) is 0 Å². The van der Waals surface area contributed by atoms with Crippen LogP contribution in [-0.2, 0) is 19.0 Å². The zero-order chi connectivity index (χ0) is 14.7. The third-order valence-electron chi connectivity index (χ3n) is 2.85. The second-order valence-electron chi connectivity index (χ2n) is 4.67. The minimum absolute atomic E-state index is 0.0352. The molecule has 0 saturated carbocycles. The molecule has 0 aliphatic carbocycles. The number of esters is 1. The van der Waals surface area contributed by atoms with E-state index in [9.17, 15) is 4.79 Å². The molecule has 0 aromatic rings. The van der Waals surface area contributed by atoms with Gasteiger partial charge in [0.25, 0.3) is 0 Å². The van der Waals surface area contributed by atoms with Crippen molar-refractivity contribution in [2.45, 2.75) is 52.7 Å². The summed E-state index contributed by atoms with van der Waals surface area (Å²) in [6.45, 7) is 12.4. The molecule has 1 N–H and O–H groups in total. The molecule has 0 rings (SSSR count). The molecule has 0 aliphatic rings. The summed E-state index contributed by atoms with van der Waals surface area (Å²) in [5.41, 5.74) is -0.684. The van der Waals surface area contributed by atoms with Crippen LogP contribution in [-0.4, -0.2) is 50.6 Å². The number of carbonyl (C=O) groups excluding carboxylic acids is 1. The monoisotopic (exact) mass is 275 g/mol. The van der Waals surface area contributed by atoms with Crippen molar-refractivity contribution < 1.29 is 19.0 Å². The van der Waals surface area contributed by atoms with Gasteiger partial charge in [-0.15, -0.1) is 0 Å². The van der Waals surface area contributed by atoms with Crippen molar-refractivity contribution in [1.82, 2.24) is 5.32 Å². The van der Waals surface area contributed by atoms with Gasteiger partial charge in [0.1, 0.15) is 5.54 Å². The van der Waals surface area contributed by atoms with E-state index in [-0.39, 0.29) is 12.1 Å². The molecule has 19 heavy (non-hydrogen) atoms. The Morgan fingerprint density at radius 1 is 1.26 bits per heavy atom. The number of ether oxygens (including phenoxy) is 3. The Hall–Kier alpha value is -0.650. The molecule has 0 aromatic carbocycles. The lowest BCUT2D eigenvalue weighted by Crippen LogP contribution is -2.51. The second-order valence-corrected chi connectivity index (χ2v) is 4.67. The quantitative estimate of drug-likeness (QED) is 0.582. The summed E-state index contributed by atoms with van der Waals surface area (Å²) in [6, 6.07) is 0. The van der Waals surface area contributed by atoms with Crippen LogP contribution in [0.1, 0.15) is 41.0 Å². The normalized spacial score (nSPS) is 15.8. The average Bonchev–Trinajstić information content (AvgIpc) is 2.37. The SMILES string of the molecule is CCNC(C)(CCOC(C)COCC)C(=O)OCC. The van der Waals surface area contributed by atoms with Gasteiger partial charge in [-0.2, -0.15) is 0 Å². The Kier molecular flexibility index (Phi) is 9.83. The zero-order valence-corrected chi connectivity index (χ0v) is 13.0. The van der Waals surface area contributed by atoms with Crippen LogP contribution in [0.15, 0.2) is 0 Å². The van der Waals surface area contributed by atoms with E-state index in [0.717, 1.165) is 0 Å². The fourth-order valence-electron chi connectivity index (χ4n) is 1.74. The van der Waals surface area contributed by atoms with Crippen LogP contribution in [0, 0.1) is 0 Å². The van der Waals surface area contributed by atoms with Gasteiger partial charge in [-0.05, 0) is 40.7 Å². The lowest BCUT2D eigenvalue weighted by atomic mass is 9.98. The van der Waals surface area contributed by atoms with Gasteiger partial charge < -0.3 is 19.5 Å². The Balaban J connectivity index is 4.16. The zero-order valence-electron chi connectivity index (χ0n) is 13.0. The Labute approximate surface area is 117 Å². The molecule has 0 radical (unpaired) electrons. The molecule has 2 unspecified atom stereocenters. The van der Waals surface area contributed by atoms with Gasteiger partial charge in [0.05, 0.1) is 19.3 Å². The van der Waals surface area contributed by atoms with Crippen LogP contribution in [0.3, 0.4) is 0 Å². The maximum Gasteiger partial charge on any atom is 0.326 e. The number of hydrogen-bond acceptors (Lipinski definition) is 5. The summed E-state index contributed by atoms with van der Waals surface area (Å²) in [4.78, 5) is 11.9. The molecule has 0 aromatic heterocycles. The number of carbonyl (C=O) groups is 1. The molecule has 0 bridgehead atoms. The maximum atomic E-state index is 11.9. The third kappa shape index (κ3) is 7.50. The molecular formula is C14H29NO4. The molecule has 2 atom stereocenters. The number of hydrogen-bond donors (Lipinski definition) is 1. The van der Waals surface area contributed by atoms with E-state index >= 15 is 0 Å². The highest BCUT2D eigenvalue weighted by Crippen LogP contribution is 2.13. The van der Waals surface area contributed by atoms with Gasteiger partial charge in [-0.1, -0.05) is 6.92 Å². The van der Waals surface area contributed by atoms with Gasteiger partial charge in [0.2, 0.25) is 0 Å². The lowest BCUT2D eigenvalue weighted by molar-refractivity contribution is -0.151. The van der Waals surface area contributed by atoms with Gasteiger partial charge in [0, 0.05) is 13.2 Å². The summed E-state index contributed by atoms with van der Waals surface area (Å²) in [5.74, 6) is -0.224. The lowest BCUT2D eigenvalue weighted by Gasteiger charge is -2.28. The maximum absolute atomic E-state index is 11.9. The summed E-state index contributed by atoms with van der Waals surface area (Å²) in [5, 5.41) is 3.17. The molecule has 0 aliphatic heterocycles. The van der Waals surface area contributed by atoms with Crippen molar-refractivity contribution in [3.63, 3.8) is 0 Å². The standard InChI is InChI=1S/C14H29NO4/c1-6-15-14(5,13(16)18-8-3)9-10-19-12(4)11-17-7-2/h12,15H,6-11H2,1-5H3. The van der Waals surface area contributed by atoms with E-state index in [1.807, 2.05) is 34.6 Å². The fourth-order valence-corrected chi connectivity index (χ4v) is 1.74. The second kappa shape index (κ2) is 10.2. The molecule has 0 saturated heterocycles. The summed E-state index contributed by atoms with van der Waals surface area (Å²) in [6.07, 6.45) is 0.615. The van der Waals surface area contributed by atoms with E-state index in [2.05, 4.69) is 5.32 Å². The topological polar surface area (TPSA) is 56.8 Å². The molecular weight excluding hydrogens is 246 g/mol. The molecule has 0 spiro atoms. The van der Waals surface area contributed by atoms with E-state index in [0.29, 0.717) is 39.4 Å². The number of rotatable bonds is 11. The first-order chi connectivity index (χ1) is 9.00. The number of nitrogens with one attached hydrogen (secondary N) is 1. The van der Waals surface area contributed by atoms with Gasteiger partial charge in [-0.3, -0.25) is 4.79 Å². The summed E-state index contributed by atoms with van der Waals surface area (Å²) < 4.78 is 16.0. The first-order valence-corrected chi connectivity index (χ1v) is 7.11. The third-order valence-corrected chi connectivity index (χ3v) is 2.85. The van der Waals surface area contributed by atoms with Gasteiger partial charge in [-0.25, -0.2) is 0 Å². The van der Waals surface area contributed by atoms with Crippen LogP contribution >= 0.6 is 0 Å². The molecule has 5 heteroatoms. The predicted octanol–water partition coefficient (Wildman–Crippen LogP) is 1.75. The average molecular weight is 275 g/mol. The van der Waals surface area contributed by atoms with E-state index in [4.69, 9.17) is 14.2 Å². The Morgan fingerprint density at radius 2 is 1.95 bits per heavy atom. The molecule has 5 nitrogen and oxygen atoms in total. The van der Waals surface area contributed by atoms with Crippen molar-refractivity contribution >= 4 is 5.97 Å². The van der Waals surface area contributed by atoms with Gasteiger partial charge >= 0.3 is 5.97 Å². The van der Waals surface area contributed by atoms with Gasteiger partial charge in [0.15, 0.2) is 0 Å². The molecule has 0 heterocycles. The number of likely N-dealkylation sites (N-methyl/N-ethyl adjacent to an activating group) is 1. The minimum Gasteiger partial charge on any atom is -0.465 e. The Bertz CT molecular complexity index is 248. The van der Waals surface area contributed by atoms with E-state index in [1.54, 1.807) is 0 Å². The van der Waals surface area contributed by atoms with Crippen molar-refractivity contribution in [3.05, 3.63) is 0 Å². The fraction of sp³-hybridized carbons (Fsp3) is 0.929. The largest absolute Gasteiger partial charge is 0.465 e. The smallest absolute Gasteiger partial charge is 0.326 e.